The number of aromatic nitrogens is 4. The Kier molecular flexibility index (Phi) is 11.2. The molecule has 4 saturated heterocycles. The van der Waals surface area contributed by atoms with Crippen LogP contribution < -0.4 is 15.5 Å². The number of likely N-dealkylation sites (tertiary alicyclic amines) is 1. The van der Waals surface area contributed by atoms with E-state index >= 15 is 8.78 Å². The maximum Gasteiger partial charge on any atom is 0.264 e. The Balaban J connectivity index is 0.712. The Bertz CT molecular complexity index is 2910. The van der Waals surface area contributed by atoms with Crippen LogP contribution in [0.15, 0.2) is 65.7 Å². The summed E-state index contributed by atoms with van der Waals surface area (Å²) in [4.78, 5) is 72.1. The first-order valence-electron chi connectivity index (χ1n) is 22.3. The quantitative estimate of drug-likeness (QED) is 0.187. The maximum atomic E-state index is 15.2. The number of imidazole rings is 1. The lowest BCUT2D eigenvalue weighted by Gasteiger charge is -2.50. The fourth-order valence-electron chi connectivity index (χ4n) is 10.2. The van der Waals surface area contributed by atoms with Gasteiger partial charge in [-0.15, -0.1) is 0 Å². The highest BCUT2D eigenvalue weighted by atomic mass is 32.2. The van der Waals surface area contributed by atoms with Crippen LogP contribution in [0.3, 0.4) is 0 Å². The van der Waals surface area contributed by atoms with Crippen LogP contribution in [0.2, 0.25) is 0 Å². The molecule has 0 radical (unpaired) electrons. The minimum Gasteiger partial charge on any atom is -0.368 e. The van der Waals surface area contributed by atoms with E-state index in [0.29, 0.717) is 73.6 Å². The molecule has 7 heterocycles. The average Bonchev–Trinajstić information content (AvgIpc) is 3.76. The smallest absolute Gasteiger partial charge is 0.264 e. The molecule has 3 aromatic carbocycles. The molecule has 1 unspecified atom stereocenters. The van der Waals surface area contributed by atoms with Crippen molar-refractivity contribution in [2.45, 2.75) is 75.5 Å². The summed E-state index contributed by atoms with van der Waals surface area (Å²) in [6.07, 6.45) is 3.07. The van der Waals surface area contributed by atoms with Gasteiger partial charge < -0.3 is 14.8 Å². The Morgan fingerprint density at radius 3 is 2.23 bits per heavy atom. The fourth-order valence-corrected chi connectivity index (χ4v) is 11.7. The lowest BCUT2D eigenvalue weighted by molar-refractivity contribution is -0.136. The third-order valence-electron chi connectivity index (χ3n) is 13.7. The standard InChI is InChI=1S/C46H49F2N11O6S/c1-26(2)58-27(3)50-42-34(47)21-28(22-38(42)58)41-35(48)23-49-46(53-41)51-29-7-9-32(10-8-29)66(64,65)57-19-17-55(18-20-57)30-13-15-54(16-14-30)31-24-56(25-31)36-6-4-5-33-40(36)45(63)59(44(33)62)37-11-12-39(60)52-43(37)61/h4-10,21-23,26,30-31,37H,11-20,24-25H2,1-3H3,(H,49,51,53)(H,52,60,61). The summed E-state index contributed by atoms with van der Waals surface area (Å²) in [5, 5.41) is 5.26. The molecule has 344 valence electrons. The van der Waals surface area contributed by atoms with Crippen LogP contribution in [-0.2, 0) is 19.6 Å². The molecule has 0 saturated carbocycles. The van der Waals surface area contributed by atoms with Crippen LogP contribution in [0, 0.1) is 18.6 Å². The number of anilines is 3. The fraction of sp³-hybridized carbons (Fsp3) is 0.413. The molecular formula is C46H49F2N11O6S. The molecule has 17 nitrogen and oxygen atoms in total. The number of carbonyl (C=O) groups is 4. The van der Waals surface area contributed by atoms with Gasteiger partial charge in [-0.05, 0) is 88.6 Å². The summed E-state index contributed by atoms with van der Waals surface area (Å²) < 4.78 is 61.2. The highest BCUT2D eigenvalue weighted by Crippen LogP contribution is 2.38. The Morgan fingerprint density at radius 1 is 0.818 bits per heavy atom. The van der Waals surface area contributed by atoms with E-state index in [1.54, 1.807) is 37.3 Å². The van der Waals surface area contributed by atoms with E-state index in [-0.39, 0.29) is 58.1 Å². The highest BCUT2D eigenvalue weighted by molar-refractivity contribution is 7.89. The summed E-state index contributed by atoms with van der Waals surface area (Å²) in [7, 11) is -3.78. The third-order valence-corrected chi connectivity index (χ3v) is 15.6. The number of imide groups is 2. The molecule has 2 N–H and O–H groups in total. The predicted molar refractivity (Wildman–Crippen MR) is 240 cm³/mol. The second-order valence-electron chi connectivity index (χ2n) is 17.9. The lowest BCUT2D eigenvalue weighted by Crippen LogP contribution is -2.62. The van der Waals surface area contributed by atoms with Gasteiger partial charge in [0.1, 0.15) is 23.1 Å². The topological polar surface area (TPSA) is 186 Å². The van der Waals surface area contributed by atoms with E-state index in [9.17, 15) is 27.6 Å². The van der Waals surface area contributed by atoms with Gasteiger partial charge in [0, 0.05) is 88.2 Å². The molecule has 10 rings (SSSR count). The van der Waals surface area contributed by atoms with Crippen molar-refractivity contribution in [2.24, 2.45) is 0 Å². The number of carbonyl (C=O) groups excluding carboxylic acids is 4. The maximum absolute atomic E-state index is 15.2. The molecule has 2 aromatic heterocycles. The largest absolute Gasteiger partial charge is 0.368 e. The van der Waals surface area contributed by atoms with Crippen LogP contribution in [0.25, 0.3) is 22.3 Å². The first-order valence-corrected chi connectivity index (χ1v) is 23.8. The monoisotopic (exact) mass is 921 g/mol. The van der Waals surface area contributed by atoms with Crippen LogP contribution in [0.5, 0.6) is 0 Å². The van der Waals surface area contributed by atoms with Gasteiger partial charge >= 0.3 is 0 Å². The molecule has 5 aromatic rings. The summed E-state index contributed by atoms with van der Waals surface area (Å²) in [6, 6.07) is 13.9. The molecule has 20 heteroatoms. The number of amides is 4. The Morgan fingerprint density at radius 2 is 1.53 bits per heavy atom. The number of halogens is 2. The number of rotatable bonds is 10. The van der Waals surface area contributed by atoms with Crippen LogP contribution >= 0.6 is 0 Å². The van der Waals surface area contributed by atoms with Crippen molar-refractivity contribution in [1.29, 1.82) is 0 Å². The van der Waals surface area contributed by atoms with Crippen molar-refractivity contribution >= 4 is 62.0 Å². The number of nitrogens with one attached hydrogen (secondary N) is 2. The zero-order valence-electron chi connectivity index (χ0n) is 36.7. The molecule has 0 spiro atoms. The number of nitrogens with zero attached hydrogens (tertiary/aromatic N) is 9. The number of hydrogen-bond donors (Lipinski definition) is 2. The number of aryl methyl sites for hydroxylation is 1. The minimum atomic E-state index is -3.78. The number of hydrogen-bond acceptors (Lipinski definition) is 13. The minimum absolute atomic E-state index is 0.00135. The second-order valence-corrected chi connectivity index (χ2v) is 19.8. The normalized spacial score (nSPS) is 20.7. The van der Waals surface area contributed by atoms with E-state index in [4.69, 9.17) is 0 Å². The molecule has 4 fully saturated rings. The van der Waals surface area contributed by atoms with Crippen molar-refractivity contribution in [3.05, 3.63) is 89.4 Å². The average molecular weight is 922 g/mol. The van der Waals surface area contributed by atoms with Gasteiger partial charge in [0.2, 0.25) is 27.8 Å². The summed E-state index contributed by atoms with van der Waals surface area (Å²) in [5.41, 5.74) is 2.62. The number of piperidine rings is 2. The lowest BCUT2D eigenvalue weighted by atomic mass is 9.96. The van der Waals surface area contributed by atoms with E-state index in [1.807, 2.05) is 24.5 Å². The number of piperazine rings is 1. The molecule has 1 atom stereocenters. The van der Waals surface area contributed by atoms with Gasteiger partial charge in [0.25, 0.3) is 11.8 Å². The third kappa shape index (κ3) is 7.68. The Labute approximate surface area is 379 Å². The van der Waals surface area contributed by atoms with E-state index in [2.05, 4.69) is 40.3 Å². The molecule has 0 bridgehead atoms. The van der Waals surface area contributed by atoms with Crippen LogP contribution in [0.4, 0.5) is 26.1 Å². The van der Waals surface area contributed by atoms with Gasteiger partial charge in [0.05, 0.1) is 33.4 Å². The van der Waals surface area contributed by atoms with Crippen molar-refractivity contribution < 1.29 is 36.4 Å². The van der Waals surface area contributed by atoms with E-state index < -0.39 is 51.3 Å². The number of benzene rings is 3. The summed E-state index contributed by atoms with van der Waals surface area (Å²) >= 11 is 0. The SMILES string of the molecule is Cc1nc2c(F)cc(-c3nc(Nc4ccc(S(=O)(=O)N5CCN(C6CCN(C7CN(c8cccc9c8C(=O)N(C8CCC(=O)NC8=O)C9=O)C7)CC6)CC5)cc4)ncc3F)cc2n1C(C)C. The molecular weight excluding hydrogens is 873 g/mol. The predicted octanol–water partition coefficient (Wildman–Crippen LogP) is 4.47. The van der Waals surface area contributed by atoms with E-state index in [1.165, 1.54) is 22.5 Å². The van der Waals surface area contributed by atoms with Crippen LogP contribution in [0.1, 0.15) is 72.1 Å². The van der Waals surface area contributed by atoms with Gasteiger partial charge in [-0.2, -0.15) is 4.31 Å². The van der Waals surface area contributed by atoms with Gasteiger partial charge in [-0.3, -0.25) is 39.2 Å². The highest BCUT2D eigenvalue weighted by Gasteiger charge is 2.47. The van der Waals surface area contributed by atoms with Gasteiger partial charge in [-0.1, -0.05) is 6.07 Å². The van der Waals surface area contributed by atoms with Crippen LogP contribution in [-0.4, -0.2) is 141 Å². The van der Waals surface area contributed by atoms with E-state index in [0.717, 1.165) is 37.0 Å². The molecule has 0 aliphatic carbocycles. The van der Waals surface area contributed by atoms with Crippen molar-refractivity contribution in [3.8, 4) is 11.3 Å². The number of sulfonamides is 1. The number of fused-ring (bicyclic) bond motifs is 2. The van der Waals surface area contributed by atoms with Crippen molar-refractivity contribution in [3.63, 3.8) is 0 Å². The van der Waals surface area contributed by atoms with Gasteiger partial charge in [0.15, 0.2) is 11.6 Å². The first kappa shape index (κ1) is 43.7. The van der Waals surface area contributed by atoms with Gasteiger partial charge in [-0.25, -0.2) is 32.2 Å². The molecule has 5 aliphatic heterocycles. The molecule has 66 heavy (non-hydrogen) atoms. The summed E-state index contributed by atoms with van der Waals surface area (Å²) in [5.74, 6) is -2.68. The second kappa shape index (κ2) is 16.9. The summed E-state index contributed by atoms with van der Waals surface area (Å²) in [6.45, 7) is 10.8. The van der Waals surface area contributed by atoms with Crippen molar-refractivity contribution in [1.82, 2.24) is 43.8 Å². The Hall–Kier alpha value is -6.22. The molecule has 4 amide bonds. The zero-order chi connectivity index (χ0) is 46.2. The molecule has 5 aliphatic rings. The van der Waals surface area contributed by atoms with Crippen molar-refractivity contribution in [2.75, 3.05) is 62.6 Å². The first-order chi connectivity index (χ1) is 31.7. The zero-order valence-corrected chi connectivity index (χ0v) is 37.5.